The second-order valence-electron chi connectivity index (χ2n) is 1.82. The largest absolute Gasteiger partial charge is 0.352 e. The summed E-state index contributed by atoms with van der Waals surface area (Å²) in [6.07, 6.45) is 0.178. The highest BCUT2D eigenvalue weighted by atomic mass is 31.1. The molecule has 0 aliphatic carbocycles. The van der Waals surface area contributed by atoms with E-state index < -0.39 is 0 Å². The van der Waals surface area contributed by atoms with Crippen LogP contribution in [0.3, 0.4) is 0 Å². The van der Waals surface area contributed by atoms with E-state index in [1.165, 1.54) is 6.92 Å². The van der Waals surface area contributed by atoms with Crippen LogP contribution in [0.25, 0.3) is 0 Å². The van der Waals surface area contributed by atoms with Crippen LogP contribution in [-0.4, -0.2) is 11.6 Å². The van der Waals surface area contributed by atoms with Gasteiger partial charge in [0, 0.05) is 6.92 Å². The summed E-state index contributed by atoms with van der Waals surface area (Å²) in [5, 5.41) is 0. The van der Waals surface area contributed by atoms with Gasteiger partial charge in [-0.15, -0.1) is 0 Å². The van der Waals surface area contributed by atoms with Crippen LogP contribution in [0.5, 0.6) is 0 Å². The maximum Gasteiger partial charge on any atom is 0.175 e. The van der Waals surface area contributed by atoms with Crippen molar-refractivity contribution in [3.05, 3.63) is 0 Å². The molecule has 8 heavy (non-hydrogen) atoms. The van der Waals surface area contributed by atoms with E-state index in [9.17, 15) is 4.79 Å². The van der Waals surface area contributed by atoms with Crippen molar-refractivity contribution < 1.29 is 9.32 Å². The van der Waals surface area contributed by atoms with Gasteiger partial charge < -0.3 is 4.52 Å². The van der Waals surface area contributed by atoms with Gasteiger partial charge in [-0.3, -0.25) is 4.79 Å². The molecule has 0 N–H and O–H groups in total. The van der Waals surface area contributed by atoms with E-state index in [0.29, 0.717) is 0 Å². The molecule has 2 nitrogen and oxygen atoms in total. The molecule has 0 amide bonds. The van der Waals surface area contributed by atoms with Crippen molar-refractivity contribution in [2.45, 2.75) is 26.9 Å². The Labute approximate surface area is 51.5 Å². The lowest BCUT2D eigenvalue weighted by Crippen LogP contribution is -1.94. The minimum Gasteiger partial charge on any atom is -0.352 e. The summed E-state index contributed by atoms with van der Waals surface area (Å²) in [7, 11) is 0.0301. The molecule has 0 saturated heterocycles. The van der Waals surface area contributed by atoms with Crippen LogP contribution in [0.2, 0.25) is 0 Å². The molecule has 0 aromatic heterocycles. The number of hydrogen-bond donors (Lipinski definition) is 0. The third-order valence-corrected chi connectivity index (χ3v) is 1.32. The lowest BCUT2D eigenvalue weighted by atomic mass is 10.5. The lowest BCUT2D eigenvalue weighted by molar-refractivity contribution is -0.110. The first kappa shape index (κ1) is 8.06. The van der Waals surface area contributed by atoms with Crippen LogP contribution in [0, 0.1) is 0 Å². The fraction of sp³-hybridized carbons (Fsp3) is 0.800. The molecule has 1 unspecified atom stereocenters. The summed E-state index contributed by atoms with van der Waals surface area (Å²) in [4.78, 5) is 10.2. The molecule has 0 spiro atoms. The van der Waals surface area contributed by atoms with Gasteiger partial charge in [-0.05, 0) is 13.8 Å². The molecule has 1 atom stereocenters. The molecule has 0 radical (unpaired) electrons. The molecular formula is C5H11O2P. The molecule has 0 aromatic rings. The molecule has 0 aromatic carbocycles. The zero-order chi connectivity index (χ0) is 6.57. The highest BCUT2D eigenvalue weighted by Gasteiger charge is 1.94. The quantitative estimate of drug-likeness (QED) is 0.547. The Balaban J connectivity index is 3.05. The van der Waals surface area contributed by atoms with E-state index in [-0.39, 0.29) is 20.4 Å². The van der Waals surface area contributed by atoms with Gasteiger partial charge in [-0.25, -0.2) is 0 Å². The first-order chi connectivity index (χ1) is 3.63. The molecule has 0 bridgehead atoms. The summed E-state index contributed by atoms with van der Waals surface area (Å²) in [5.74, 6) is 0. The summed E-state index contributed by atoms with van der Waals surface area (Å²) >= 11 is 0. The number of rotatable bonds is 3. The summed E-state index contributed by atoms with van der Waals surface area (Å²) in [6, 6.07) is 0. The average Bonchev–Trinajstić information content (AvgIpc) is 1.61. The average molecular weight is 134 g/mol. The van der Waals surface area contributed by atoms with Crippen molar-refractivity contribution in [3.63, 3.8) is 0 Å². The molecule has 3 heteroatoms. The summed E-state index contributed by atoms with van der Waals surface area (Å²) < 4.78 is 4.98. The molecule has 0 rings (SSSR count). The highest BCUT2D eigenvalue weighted by molar-refractivity contribution is 7.53. The van der Waals surface area contributed by atoms with E-state index in [2.05, 4.69) is 0 Å². The van der Waals surface area contributed by atoms with Crippen LogP contribution >= 0.6 is 8.81 Å². The normalized spacial score (nSPS) is 11.5. The Kier molecular flexibility index (Phi) is 4.02. The Morgan fingerprint density at radius 2 is 2.12 bits per heavy atom. The Morgan fingerprint density at radius 1 is 1.62 bits per heavy atom. The van der Waals surface area contributed by atoms with Gasteiger partial charge in [-0.1, -0.05) is 0 Å². The van der Waals surface area contributed by atoms with Gasteiger partial charge in [0.05, 0.1) is 14.9 Å². The number of carbonyl (C=O) groups is 1. The molecule has 0 aliphatic rings. The highest BCUT2D eigenvalue weighted by Crippen LogP contribution is 2.14. The van der Waals surface area contributed by atoms with Gasteiger partial charge >= 0.3 is 0 Å². The summed E-state index contributed by atoms with van der Waals surface area (Å²) in [6.45, 7) is 5.35. The van der Waals surface area contributed by atoms with Crippen molar-refractivity contribution in [1.29, 1.82) is 0 Å². The van der Waals surface area contributed by atoms with Gasteiger partial charge in [0.15, 0.2) is 5.52 Å². The molecular weight excluding hydrogens is 123 g/mol. The van der Waals surface area contributed by atoms with Gasteiger partial charge in [-0.2, -0.15) is 0 Å². The van der Waals surface area contributed by atoms with Crippen molar-refractivity contribution in [2.75, 3.05) is 0 Å². The molecule has 0 aliphatic heterocycles. The van der Waals surface area contributed by atoms with Crippen molar-refractivity contribution >= 4 is 14.3 Å². The molecule has 48 valence electrons. The number of hydrogen-bond acceptors (Lipinski definition) is 2. The van der Waals surface area contributed by atoms with E-state index in [1.54, 1.807) is 0 Å². The Morgan fingerprint density at radius 3 is 2.25 bits per heavy atom. The SMILES string of the molecule is CC(=O)POC(C)C. The van der Waals surface area contributed by atoms with Crippen molar-refractivity contribution in [1.82, 2.24) is 0 Å². The second kappa shape index (κ2) is 3.99. The second-order valence-corrected chi connectivity index (χ2v) is 2.97. The van der Waals surface area contributed by atoms with Crippen LogP contribution in [0.1, 0.15) is 20.8 Å². The molecule has 0 heterocycles. The zero-order valence-corrected chi connectivity index (χ0v) is 6.39. The smallest absolute Gasteiger partial charge is 0.175 e. The maximum atomic E-state index is 10.2. The van der Waals surface area contributed by atoms with E-state index in [0.717, 1.165) is 0 Å². The van der Waals surface area contributed by atoms with Crippen LogP contribution in [-0.2, 0) is 9.32 Å². The summed E-state index contributed by atoms with van der Waals surface area (Å²) in [5.41, 5.74) is 0.110. The van der Waals surface area contributed by atoms with E-state index in [4.69, 9.17) is 4.52 Å². The third kappa shape index (κ3) is 6.06. The van der Waals surface area contributed by atoms with Crippen molar-refractivity contribution in [3.8, 4) is 0 Å². The Hall–Kier alpha value is 0.0600. The monoisotopic (exact) mass is 134 g/mol. The predicted molar refractivity (Wildman–Crippen MR) is 35.2 cm³/mol. The number of carbonyl (C=O) groups excluding carboxylic acids is 1. The van der Waals surface area contributed by atoms with Gasteiger partial charge in [0.1, 0.15) is 0 Å². The fourth-order valence-corrected chi connectivity index (χ4v) is 0.602. The van der Waals surface area contributed by atoms with E-state index >= 15 is 0 Å². The van der Waals surface area contributed by atoms with Gasteiger partial charge in [0.2, 0.25) is 0 Å². The topological polar surface area (TPSA) is 26.3 Å². The van der Waals surface area contributed by atoms with Crippen LogP contribution < -0.4 is 0 Å². The molecule has 0 fully saturated rings. The standard InChI is InChI=1S/C5H11O2P/c1-4(2)7-8-5(3)6/h4,8H,1-3H3. The minimum atomic E-state index is 0.0301. The lowest BCUT2D eigenvalue weighted by Gasteiger charge is -2.01. The van der Waals surface area contributed by atoms with Crippen LogP contribution in [0.4, 0.5) is 0 Å². The van der Waals surface area contributed by atoms with E-state index in [1.807, 2.05) is 13.8 Å². The molecule has 0 saturated carbocycles. The first-order valence-corrected chi connectivity index (χ1v) is 3.46. The minimum absolute atomic E-state index is 0.0301. The maximum absolute atomic E-state index is 10.2. The Bertz CT molecular complexity index is 80.5. The predicted octanol–water partition coefficient (Wildman–Crippen LogP) is 1.55. The van der Waals surface area contributed by atoms with Crippen molar-refractivity contribution in [2.24, 2.45) is 0 Å². The zero-order valence-electron chi connectivity index (χ0n) is 5.39. The van der Waals surface area contributed by atoms with Gasteiger partial charge in [0.25, 0.3) is 0 Å². The first-order valence-electron chi connectivity index (χ1n) is 2.55. The fourth-order valence-electron chi connectivity index (χ4n) is 0.201. The van der Waals surface area contributed by atoms with Crippen LogP contribution in [0.15, 0.2) is 0 Å². The third-order valence-electron chi connectivity index (χ3n) is 0.438.